The van der Waals surface area contributed by atoms with Crippen molar-refractivity contribution in [2.24, 2.45) is 7.05 Å². The van der Waals surface area contributed by atoms with Crippen molar-refractivity contribution < 1.29 is 9.72 Å². The molecule has 0 fully saturated rings. The van der Waals surface area contributed by atoms with Crippen molar-refractivity contribution in [1.29, 1.82) is 0 Å². The number of hydrogen-bond acceptors (Lipinski definition) is 5. The van der Waals surface area contributed by atoms with Crippen LogP contribution in [-0.4, -0.2) is 20.4 Å². The predicted octanol–water partition coefficient (Wildman–Crippen LogP) is 1.95. The second-order valence-corrected chi connectivity index (χ2v) is 4.56. The standard InChI is InChI=1S/C10H10N4O3S/c1-6-5-18-10(11-6)12-9(15)8-3-7(14(16)17)4-13(8)2/h3-5H,1-2H3,(H,11,12,15). The average molecular weight is 266 g/mol. The van der Waals surface area contributed by atoms with Gasteiger partial charge in [0, 0.05) is 18.5 Å². The summed E-state index contributed by atoms with van der Waals surface area (Å²) < 4.78 is 1.41. The maximum absolute atomic E-state index is 11.9. The molecule has 94 valence electrons. The first-order valence-corrected chi connectivity index (χ1v) is 5.89. The van der Waals surface area contributed by atoms with Crippen LogP contribution in [0.1, 0.15) is 16.2 Å². The highest BCUT2D eigenvalue weighted by Gasteiger charge is 2.18. The minimum Gasteiger partial charge on any atom is -0.340 e. The molecule has 0 aliphatic rings. The minimum absolute atomic E-state index is 0.113. The summed E-state index contributed by atoms with van der Waals surface area (Å²) in [5, 5.41) is 15.5. The van der Waals surface area contributed by atoms with Gasteiger partial charge in [0.05, 0.1) is 16.8 Å². The number of aryl methyl sites for hydroxylation is 2. The Hall–Kier alpha value is -2.22. The van der Waals surface area contributed by atoms with Crippen LogP contribution in [0.25, 0.3) is 0 Å². The van der Waals surface area contributed by atoms with E-state index in [1.807, 2.05) is 12.3 Å². The number of nitrogens with one attached hydrogen (secondary N) is 1. The molecule has 2 heterocycles. The van der Waals surface area contributed by atoms with Crippen LogP contribution in [0.2, 0.25) is 0 Å². The molecule has 0 aromatic carbocycles. The molecule has 0 aliphatic carbocycles. The Morgan fingerprint density at radius 2 is 2.33 bits per heavy atom. The largest absolute Gasteiger partial charge is 0.340 e. The van der Waals surface area contributed by atoms with E-state index in [1.54, 1.807) is 7.05 Å². The molecule has 0 aliphatic heterocycles. The van der Waals surface area contributed by atoms with E-state index in [-0.39, 0.29) is 11.4 Å². The number of nitrogens with zero attached hydrogens (tertiary/aromatic N) is 3. The highest BCUT2D eigenvalue weighted by molar-refractivity contribution is 7.13. The molecule has 0 saturated carbocycles. The maximum Gasteiger partial charge on any atom is 0.287 e. The molecule has 0 radical (unpaired) electrons. The fraction of sp³-hybridized carbons (Fsp3) is 0.200. The van der Waals surface area contributed by atoms with E-state index in [2.05, 4.69) is 10.3 Å². The molecule has 7 nitrogen and oxygen atoms in total. The highest BCUT2D eigenvalue weighted by atomic mass is 32.1. The number of anilines is 1. The minimum atomic E-state index is -0.537. The monoisotopic (exact) mass is 266 g/mol. The molecular formula is C10H10N4O3S. The number of thiazole rings is 1. The van der Waals surface area contributed by atoms with Gasteiger partial charge in [-0.1, -0.05) is 0 Å². The SMILES string of the molecule is Cc1csc(NC(=O)c2cc([N+](=O)[O-])cn2C)n1. The van der Waals surface area contributed by atoms with Crippen LogP contribution >= 0.6 is 11.3 Å². The van der Waals surface area contributed by atoms with Crippen LogP contribution in [0.4, 0.5) is 10.8 Å². The lowest BCUT2D eigenvalue weighted by Gasteiger charge is -2.01. The van der Waals surface area contributed by atoms with Crippen LogP contribution in [0, 0.1) is 17.0 Å². The van der Waals surface area contributed by atoms with Crippen molar-refractivity contribution in [3.63, 3.8) is 0 Å². The number of aromatic nitrogens is 2. The van der Waals surface area contributed by atoms with E-state index in [9.17, 15) is 14.9 Å². The third-order valence-corrected chi connectivity index (χ3v) is 3.15. The number of carbonyl (C=O) groups excluding carboxylic acids is 1. The molecule has 1 amide bonds. The van der Waals surface area contributed by atoms with Gasteiger partial charge in [-0.05, 0) is 6.92 Å². The summed E-state index contributed by atoms with van der Waals surface area (Å²) in [5.74, 6) is -0.417. The van der Waals surface area contributed by atoms with Crippen molar-refractivity contribution in [2.75, 3.05) is 5.32 Å². The Balaban J connectivity index is 2.21. The summed E-state index contributed by atoms with van der Waals surface area (Å²) >= 11 is 1.31. The first kappa shape index (κ1) is 12.2. The molecule has 2 rings (SSSR count). The lowest BCUT2D eigenvalue weighted by molar-refractivity contribution is -0.384. The van der Waals surface area contributed by atoms with E-state index in [1.165, 1.54) is 28.2 Å². The Kier molecular flexibility index (Phi) is 3.11. The number of rotatable bonds is 3. The van der Waals surface area contributed by atoms with Gasteiger partial charge in [-0.25, -0.2) is 4.98 Å². The number of hydrogen-bond donors (Lipinski definition) is 1. The van der Waals surface area contributed by atoms with Crippen molar-refractivity contribution in [3.8, 4) is 0 Å². The number of carbonyl (C=O) groups is 1. The Morgan fingerprint density at radius 3 is 2.83 bits per heavy atom. The Labute approximate surface area is 106 Å². The van der Waals surface area contributed by atoms with E-state index >= 15 is 0 Å². The summed E-state index contributed by atoms with van der Waals surface area (Å²) in [4.78, 5) is 26.0. The van der Waals surface area contributed by atoms with Gasteiger partial charge in [-0.3, -0.25) is 20.2 Å². The van der Waals surface area contributed by atoms with E-state index in [0.717, 1.165) is 5.69 Å². The molecule has 2 aromatic rings. The topological polar surface area (TPSA) is 90.1 Å². The first-order chi connectivity index (χ1) is 8.47. The predicted molar refractivity (Wildman–Crippen MR) is 66.9 cm³/mol. The molecular weight excluding hydrogens is 256 g/mol. The zero-order valence-electron chi connectivity index (χ0n) is 9.71. The van der Waals surface area contributed by atoms with Crippen LogP contribution in [0.15, 0.2) is 17.6 Å². The smallest absolute Gasteiger partial charge is 0.287 e. The van der Waals surface area contributed by atoms with Gasteiger partial charge >= 0.3 is 0 Å². The van der Waals surface area contributed by atoms with E-state index in [4.69, 9.17) is 0 Å². The molecule has 1 N–H and O–H groups in total. The molecule has 0 bridgehead atoms. The van der Waals surface area contributed by atoms with Crippen molar-refractivity contribution in [3.05, 3.63) is 39.1 Å². The summed E-state index contributed by atoms with van der Waals surface area (Å²) in [6.45, 7) is 1.82. The Bertz CT molecular complexity index is 616. The van der Waals surface area contributed by atoms with Gasteiger partial charge in [0.15, 0.2) is 5.13 Å². The van der Waals surface area contributed by atoms with Crippen LogP contribution < -0.4 is 5.32 Å². The highest BCUT2D eigenvalue weighted by Crippen LogP contribution is 2.18. The van der Waals surface area contributed by atoms with E-state index < -0.39 is 10.8 Å². The average Bonchev–Trinajstić information content (AvgIpc) is 2.85. The summed E-state index contributed by atoms with van der Waals surface area (Å²) in [6, 6.07) is 1.23. The van der Waals surface area contributed by atoms with Gasteiger partial charge in [-0.2, -0.15) is 0 Å². The molecule has 18 heavy (non-hydrogen) atoms. The Morgan fingerprint density at radius 1 is 1.61 bits per heavy atom. The van der Waals surface area contributed by atoms with Crippen molar-refractivity contribution >= 4 is 28.1 Å². The second kappa shape index (κ2) is 4.57. The van der Waals surface area contributed by atoms with E-state index in [0.29, 0.717) is 5.13 Å². The lowest BCUT2D eigenvalue weighted by atomic mass is 10.4. The zero-order valence-corrected chi connectivity index (χ0v) is 10.5. The van der Waals surface area contributed by atoms with Gasteiger partial charge < -0.3 is 4.57 Å². The number of nitro groups is 1. The van der Waals surface area contributed by atoms with Crippen molar-refractivity contribution in [1.82, 2.24) is 9.55 Å². The van der Waals surface area contributed by atoms with Crippen LogP contribution in [0.5, 0.6) is 0 Å². The summed E-state index contributed by atoms with van der Waals surface area (Å²) in [7, 11) is 1.58. The molecule has 0 atom stereocenters. The van der Waals surface area contributed by atoms with Crippen molar-refractivity contribution in [2.45, 2.75) is 6.92 Å². The van der Waals surface area contributed by atoms with Gasteiger partial charge in [-0.15, -0.1) is 11.3 Å². The van der Waals surface area contributed by atoms with Crippen LogP contribution in [0.3, 0.4) is 0 Å². The lowest BCUT2D eigenvalue weighted by Crippen LogP contribution is -2.15. The third kappa shape index (κ3) is 2.38. The number of amides is 1. The summed E-state index contributed by atoms with van der Waals surface area (Å²) in [5.41, 5.74) is 0.917. The van der Waals surface area contributed by atoms with Gasteiger partial charge in [0.1, 0.15) is 5.69 Å². The molecule has 0 spiro atoms. The molecule has 2 aromatic heterocycles. The quantitative estimate of drug-likeness (QED) is 0.679. The molecule has 0 saturated heterocycles. The maximum atomic E-state index is 11.9. The first-order valence-electron chi connectivity index (χ1n) is 5.01. The third-order valence-electron chi connectivity index (χ3n) is 2.27. The summed E-state index contributed by atoms with van der Waals surface area (Å²) in [6.07, 6.45) is 1.29. The molecule has 8 heteroatoms. The fourth-order valence-electron chi connectivity index (χ4n) is 1.45. The van der Waals surface area contributed by atoms with Crippen LogP contribution in [-0.2, 0) is 7.05 Å². The zero-order chi connectivity index (χ0) is 13.3. The normalized spacial score (nSPS) is 10.3. The van der Waals surface area contributed by atoms with Gasteiger partial charge in [0.2, 0.25) is 0 Å². The second-order valence-electron chi connectivity index (χ2n) is 3.70. The fourth-order valence-corrected chi connectivity index (χ4v) is 2.13. The van der Waals surface area contributed by atoms with Gasteiger partial charge in [0.25, 0.3) is 11.6 Å². The molecule has 0 unspecified atom stereocenters.